The third-order valence-corrected chi connectivity index (χ3v) is 7.69. The number of para-hydroxylation sites is 2. The molecule has 1 aromatic heterocycles. The molecule has 0 fully saturated rings. The van der Waals surface area contributed by atoms with Gasteiger partial charge in [0, 0.05) is 21.9 Å². The Labute approximate surface area is 238 Å². The Bertz CT molecular complexity index is 2110. The van der Waals surface area contributed by atoms with Gasteiger partial charge in [0.15, 0.2) is 0 Å². The zero-order valence-electron chi connectivity index (χ0n) is 22.1. The molecule has 0 aliphatic carbocycles. The molecular formula is C38H23N3. The van der Waals surface area contributed by atoms with Gasteiger partial charge < -0.3 is 4.57 Å². The number of aromatic nitrogens is 1. The Kier molecular flexibility index (Phi) is 5.90. The van der Waals surface area contributed by atoms with Crippen molar-refractivity contribution in [3.8, 4) is 51.2 Å². The average Bonchev–Trinajstić information content (AvgIpc) is 3.39. The molecule has 0 aliphatic heterocycles. The van der Waals surface area contributed by atoms with Gasteiger partial charge in [0.2, 0.25) is 0 Å². The van der Waals surface area contributed by atoms with Gasteiger partial charge in [0.1, 0.15) is 0 Å². The lowest BCUT2D eigenvalue weighted by Gasteiger charge is -2.20. The van der Waals surface area contributed by atoms with Crippen molar-refractivity contribution in [1.82, 2.24) is 4.57 Å². The molecule has 6 aromatic carbocycles. The molecule has 3 nitrogen and oxygen atoms in total. The molecule has 0 unspecified atom stereocenters. The average molecular weight is 522 g/mol. The monoisotopic (exact) mass is 521 g/mol. The standard InChI is InChI=1S/C38H23N3/c39-24-26-19-20-29(25-40)32(21-26)35-22-34(28-13-5-2-6-14-28)38(23-33(35)27-11-3-1-4-12-27)41-36-17-9-7-15-30(36)31-16-8-10-18-37(31)41/h1-23H. The second-order valence-corrected chi connectivity index (χ2v) is 10.0. The number of hydrogen-bond donors (Lipinski definition) is 0. The highest BCUT2D eigenvalue weighted by molar-refractivity contribution is 6.10. The van der Waals surface area contributed by atoms with Crippen LogP contribution in [0.1, 0.15) is 11.1 Å². The van der Waals surface area contributed by atoms with E-state index < -0.39 is 0 Å². The largest absolute Gasteiger partial charge is 0.309 e. The van der Waals surface area contributed by atoms with Crippen LogP contribution in [0.25, 0.3) is 60.9 Å². The topological polar surface area (TPSA) is 52.5 Å². The zero-order valence-corrected chi connectivity index (χ0v) is 22.1. The molecule has 0 spiro atoms. The van der Waals surface area contributed by atoms with Gasteiger partial charge in [-0.15, -0.1) is 0 Å². The van der Waals surface area contributed by atoms with Crippen molar-refractivity contribution in [3.63, 3.8) is 0 Å². The molecule has 0 saturated carbocycles. The Morgan fingerprint density at radius 1 is 0.439 bits per heavy atom. The van der Waals surface area contributed by atoms with Gasteiger partial charge in [-0.25, -0.2) is 0 Å². The molecule has 41 heavy (non-hydrogen) atoms. The van der Waals surface area contributed by atoms with E-state index in [0.717, 1.165) is 50.1 Å². The van der Waals surface area contributed by atoms with Gasteiger partial charge >= 0.3 is 0 Å². The molecule has 190 valence electrons. The number of benzene rings is 6. The van der Waals surface area contributed by atoms with Gasteiger partial charge in [-0.05, 0) is 64.7 Å². The number of rotatable bonds is 4. The van der Waals surface area contributed by atoms with Crippen LogP contribution < -0.4 is 0 Å². The fourth-order valence-electron chi connectivity index (χ4n) is 5.82. The first-order valence-electron chi connectivity index (χ1n) is 13.5. The second-order valence-electron chi connectivity index (χ2n) is 10.0. The molecule has 0 N–H and O–H groups in total. The third-order valence-electron chi connectivity index (χ3n) is 7.69. The van der Waals surface area contributed by atoms with Crippen LogP contribution in [0.4, 0.5) is 0 Å². The Morgan fingerprint density at radius 2 is 1.00 bits per heavy atom. The van der Waals surface area contributed by atoms with Crippen molar-refractivity contribution in [2.75, 3.05) is 0 Å². The molecule has 1 heterocycles. The second kappa shape index (κ2) is 10.0. The molecule has 3 heteroatoms. The highest BCUT2D eigenvalue weighted by Gasteiger charge is 2.21. The zero-order chi connectivity index (χ0) is 27.8. The maximum absolute atomic E-state index is 10.1. The molecule has 0 bridgehead atoms. The molecule has 0 radical (unpaired) electrons. The number of hydrogen-bond acceptors (Lipinski definition) is 2. The van der Waals surface area contributed by atoms with Crippen LogP contribution >= 0.6 is 0 Å². The summed E-state index contributed by atoms with van der Waals surface area (Å²) in [5.74, 6) is 0. The summed E-state index contributed by atoms with van der Waals surface area (Å²) in [4.78, 5) is 0. The van der Waals surface area contributed by atoms with E-state index in [-0.39, 0.29) is 0 Å². The summed E-state index contributed by atoms with van der Waals surface area (Å²) in [6, 6.07) is 52.0. The summed E-state index contributed by atoms with van der Waals surface area (Å²) in [6.45, 7) is 0. The van der Waals surface area contributed by atoms with Gasteiger partial charge in [0.05, 0.1) is 40.0 Å². The summed E-state index contributed by atoms with van der Waals surface area (Å²) in [5, 5.41) is 22.2. The molecular weight excluding hydrogens is 498 g/mol. The fourth-order valence-corrected chi connectivity index (χ4v) is 5.82. The van der Waals surface area contributed by atoms with Crippen LogP contribution in [0.3, 0.4) is 0 Å². The Hall–Kier alpha value is -5.90. The van der Waals surface area contributed by atoms with E-state index in [1.165, 1.54) is 10.8 Å². The Morgan fingerprint density at radius 3 is 1.59 bits per heavy atom. The predicted octanol–water partition coefficient (Wildman–Crippen LogP) is 9.53. The maximum Gasteiger partial charge on any atom is 0.0998 e. The summed E-state index contributed by atoms with van der Waals surface area (Å²) in [7, 11) is 0. The van der Waals surface area contributed by atoms with E-state index in [2.05, 4.69) is 102 Å². The fraction of sp³-hybridized carbons (Fsp3) is 0. The van der Waals surface area contributed by atoms with Crippen LogP contribution in [0.5, 0.6) is 0 Å². The van der Waals surface area contributed by atoms with Crippen molar-refractivity contribution >= 4 is 21.8 Å². The van der Waals surface area contributed by atoms with Crippen molar-refractivity contribution in [1.29, 1.82) is 10.5 Å². The SMILES string of the molecule is N#Cc1ccc(C#N)c(-c2cc(-c3ccccc3)c(-n3c4ccccc4c4ccccc43)cc2-c2ccccc2)c1. The van der Waals surface area contributed by atoms with Crippen LogP contribution in [0.2, 0.25) is 0 Å². The van der Waals surface area contributed by atoms with E-state index in [1.807, 2.05) is 42.5 Å². The molecule has 7 aromatic rings. The van der Waals surface area contributed by atoms with Crippen LogP contribution in [0.15, 0.2) is 140 Å². The minimum Gasteiger partial charge on any atom is -0.309 e. The van der Waals surface area contributed by atoms with Crippen molar-refractivity contribution < 1.29 is 0 Å². The van der Waals surface area contributed by atoms with Crippen molar-refractivity contribution in [2.24, 2.45) is 0 Å². The molecule has 0 amide bonds. The summed E-state index contributed by atoms with van der Waals surface area (Å²) < 4.78 is 2.35. The minimum atomic E-state index is 0.519. The molecule has 0 aliphatic rings. The Balaban J connectivity index is 1.66. The lowest BCUT2D eigenvalue weighted by atomic mass is 9.87. The summed E-state index contributed by atoms with van der Waals surface area (Å²) in [6.07, 6.45) is 0. The summed E-state index contributed by atoms with van der Waals surface area (Å²) in [5.41, 5.74) is 10.2. The lowest BCUT2D eigenvalue weighted by Crippen LogP contribution is -2.00. The first-order chi connectivity index (χ1) is 20.3. The van der Waals surface area contributed by atoms with Crippen molar-refractivity contribution in [2.45, 2.75) is 0 Å². The first-order valence-corrected chi connectivity index (χ1v) is 13.5. The van der Waals surface area contributed by atoms with Gasteiger partial charge in [-0.1, -0.05) is 97.1 Å². The van der Waals surface area contributed by atoms with E-state index in [1.54, 1.807) is 12.1 Å². The number of nitriles is 2. The van der Waals surface area contributed by atoms with Gasteiger partial charge in [0.25, 0.3) is 0 Å². The highest BCUT2D eigenvalue weighted by Crippen LogP contribution is 2.43. The third kappa shape index (κ3) is 4.05. The molecule has 7 rings (SSSR count). The van der Waals surface area contributed by atoms with E-state index in [4.69, 9.17) is 0 Å². The van der Waals surface area contributed by atoms with E-state index >= 15 is 0 Å². The number of fused-ring (bicyclic) bond motifs is 3. The summed E-state index contributed by atoms with van der Waals surface area (Å²) >= 11 is 0. The van der Waals surface area contributed by atoms with Crippen LogP contribution in [-0.4, -0.2) is 4.57 Å². The van der Waals surface area contributed by atoms with Gasteiger partial charge in [-0.2, -0.15) is 10.5 Å². The normalized spacial score (nSPS) is 10.9. The number of nitrogens with zero attached hydrogens (tertiary/aromatic N) is 3. The van der Waals surface area contributed by atoms with Crippen molar-refractivity contribution in [3.05, 3.63) is 151 Å². The molecule has 0 atom stereocenters. The quantitative estimate of drug-likeness (QED) is 0.232. The minimum absolute atomic E-state index is 0.519. The highest BCUT2D eigenvalue weighted by atomic mass is 15.0. The predicted molar refractivity (Wildman–Crippen MR) is 167 cm³/mol. The van der Waals surface area contributed by atoms with Crippen LogP contribution in [-0.2, 0) is 0 Å². The first kappa shape index (κ1) is 24.2. The smallest absolute Gasteiger partial charge is 0.0998 e. The lowest BCUT2D eigenvalue weighted by molar-refractivity contribution is 1.18. The molecule has 0 saturated heterocycles. The van der Waals surface area contributed by atoms with Gasteiger partial charge in [-0.3, -0.25) is 0 Å². The van der Waals surface area contributed by atoms with E-state index in [0.29, 0.717) is 11.1 Å². The van der Waals surface area contributed by atoms with Crippen LogP contribution in [0, 0.1) is 22.7 Å². The maximum atomic E-state index is 10.1. The van der Waals surface area contributed by atoms with E-state index in [9.17, 15) is 10.5 Å².